The van der Waals surface area contributed by atoms with Crippen LogP contribution >= 0.6 is 0 Å². The molecule has 0 radical (unpaired) electrons. The number of aliphatic hydroxyl groups is 1. The predicted octanol–water partition coefficient (Wildman–Crippen LogP) is 2.30. The Morgan fingerprint density at radius 1 is 1.12 bits per heavy atom. The van der Waals surface area contributed by atoms with Gasteiger partial charge in [-0.05, 0) is 18.2 Å². The second-order valence-electron chi connectivity index (χ2n) is 3.74. The van der Waals surface area contributed by atoms with Crippen molar-refractivity contribution >= 4 is 11.0 Å². The zero-order valence-corrected chi connectivity index (χ0v) is 8.95. The first-order chi connectivity index (χ1) is 8.34. The fourth-order valence-corrected chi connectivity index (χ4v) is 1.70. The first-order valence-electron chi connectivity index (χ1n) is 5.26. The van der Waals surface area contributed by atoms with Crippen LogP contribution in [-0.2, 0) is 0 Å². The van der Waals surface area contributed by atoms with Crippen molar-refractivity contribution in [1.82, 2.24) is 9.97 Å². The molecule has 17 heavy (non-hydrogen) atoms. The molecule has 0 aliphatic heterocycles. The number of aliphatic hydroxyl groups excluding tert-OH is 1. The van der Waals surface area contributed by atoms with Gasteiger partial charge >= 0.3 is 0 Å². The predicted molar refractivity (Wildman–Crippen MR) is 62.3 cm³/mol. The van der Waals surface area contributed by atoms with Gasteiger partial charge in [0.15, 0.2) is 0 Å². The maximum absolute atomic E-state index is 10.1. The van der Waals surface area contributed by atoms with E-state index in [0.29, 0.717) is 11.3 Å². The van der Waals surface area contributed by atoms with E-state index in [2.05, 4.69) is 9.97 Å². The van der Waals surface area contributed by atoms with Crippen LogP contribution in [-0.4, -0.2) is 15.1 Å². The van der Waals surface area contributed by atoms with Crippen LogP contribution in [0.5, 0.6) is 0 Å². The Morgan fingerprint density at radius 3 is 2.71 bits per heavy atom. The van der Waals surface area contributed by atoms with Gasteiger partial charge in [-0.3, -0.25) is 4.98 Å². The number of rotatable bonds is 2. The van der Waals surface area contributed by atoms with Gasteiger partial charge in [0.1, 0.15) is 6.10 Å². The molecule has 0 saturated heterocycles. The van der Waals surface area contributed by atoms with Crippen LogP contribution in [0, 0.1) is 0 Å². The highest BCUT2D eigenvalue weighted by Gasteiger charge is 2.13. The van der Waals surface area contributed by atoms with Crippen molar-refractivity contribution in [2.24, 2.45) is 0 Å². The Labute approximate surface area is 97.6 Å². The largest absolute Gasteiger partial charge is 0.472 e. The molecule has 1 unspecified atom stereocenters. The van der Waals surface area contributed by atoms with Crippen molar-refractivity contribution in [2.75, 3.05) is 0 Å². The molecule has 1 atom stereocenters. The molecule has 0 bridgehead atoms. The van der Waals surface area contributed by atoms with Crippen LogP contribution in [0.1, 0.15) is 17.4 Å². The molecule has 0 aliphatic carbocycles. The number of nitrogens with zero attached hydrogens (tertiary/aromatic N) is 2. The van der Waals surface area contributed by atoms with Crippen molar-refractivity contribution in [3.8, 4) is 0 Å². The lowest BCUT2D eigenvalue weighted by molar-refractivity contribution is 0.214. The summed E-state index contributed by atoms with van der Waals surface area (Å²) in [5, 5.41) is 10.1. The average Bonchev–Trinajstić information content (AvgIpc) is 2.91. The van der Waals surface area contributed by atoms with Crippen LogP contribution in [0.3, 0.4) is 0 Å². The van der Waals surface area contributed by atoms with E-state index in [1.54, 1.807) is 12.3 Å². The number of fused-ring (bicyclic) bond motifs is 1. The molecular formula is C13H10N2O2. The number of hydrogen-bond donors (Lipinski definition) is 1. The number of para-hydroxylation sites is 2. The van der Waals surface area contributed by atoms with E-state index in [1.165, 1.54) is 12.5 Å². The molecule has 3 aromatic rings. The molecular weight excluding hydrogens is 216 g/mol. The monoisotopic (exact) mass is 226 g/mol. The summed E-state index contributed by atoms with van der Waals surface area (Å²) in [5.41, 5.74) is 2.78. The topological polar surface area (TPSA) is 59.2 Å². The maximum Gasteiger partial charge on any atom is 0.126 e. The molecule has 1 aromatic carbocycles. The highest BCUT2D eigenvalue weighted by molar-refractivity contribution is 5.73. The van der Waals surface area contributed by atoms with Crippen LogP contribution < -0.4 is 0 Å². The van der Waals surface area contributed by atoms with Gasteiger partial charge in [0.2, 0.25) is 0 Å². The molecule has 3 rings (SSSR count). The molecule has 4 nitrogen and oxygen atoms in total. The highest BCUT2D eigenvalue weighted by atomic mass is 16.3. The summed E-state index contributed by atoms with van der Waals surface area (Å²) in [4.78, 5) is 8.64. The summed E-state index contributed by atoms with van der Waals surface area (Å²) in [5.74, 6) is 0. The summed E-state index contributed by atoms with van der Waals surface area (Å²) in [7, 11) is 0. The Bertz CT molecular complexity index is 635. The SMILES string of the molecule is OC(c1ccoc1)c1cnc2ccccc2n1. The van der Waals surface area contributed by atoms with Crippen LogP contribution in [0.15, 0.2) is 53.5 Å². The first-order valence-corrected chi connectivity index (χ1v) is 5.26. The summed E-state index contributed by atoms with van der Waals surface area (Å²) < 4.78 is 4.94. The maximum atomic E-state index is 10.1. The molecule has 0 fully saturated rings. The van der Waals surface area contributed by atoms with Gasteiger partial charge in [-0.25, -0.2) is 4.98 Å². The minimum atomic E-state index is -0.800. The third kappa shape index (κ3) is 1.79. The summed E-state index contributed by atoms with van der Waals surface area (Å²) in [6.45, 7) is 0. The van der Waals surface area contributed by atoms with Crippen LogP contribution in [0.2, 0.25) is 0 Å². The lowest BCUT2D eigenvalue weighted by atomic mass is 10.1. The lowest BCUT2D eigenvalue weighted by Gasteiger charge is -2.07. The van der Waals surface area contributed by atoms with Gasteiger partial charge in [0.05, 0.1) is 35.5 Å². The third-order valence-electron chi connectivity index (χ3n) is 2.61. The van der Waals surface area contributed by atoms with Crippen molar-refractivity contribution in [3.05, 3.63) is 60.3 Å². The Hall–Kier alpha value is -2.20. The normalized spacial score (nSPS) is 12.8. The standard InChI is InChI=1S/C13H10N2O2/c16-13(9-5-6-17-8-9)12-7-14-10-3-1-2-4-11(10)15-12/h1-8,13,16H. The van der Waals surface area contributed by atoms with Crippen molar-refractivity contribution in [1.29, 1.82) is 0 Å². The van der Waals surface area contributed by atoms with E-state index in [4.69, 9.17) is 4.42 Å². The number of hydrogen-bond acceptors (Lipinski definition) is 4. The van der Waals surface area contributed by atoms with Crippen LogP contribution in [0.25, 0.3) is 11.0 Å². The van der Waals surface area contributed by atoms with Gasteiger partial charge < -0.3 is 9.52 Å². The lowest BCUT2D eigenvalue weighted by Crippen LogP contribution is -2.02. The number of furan rings is 1. The zero-order valence-electron chi connectivity index (χ0n) is 8.95. The van der Waals surface area contributed by atoms with Crippen molar-refractivity contribution in [3.63, 3.8) is 0 Å². The van der Waals surface area contributed by atoms with Crippen molar-refractivity contribution in [2.45, 2.75) is 6.10 Å². The minimum Gasteiger partial charge on any atom is -0.472 e. The first kappa shape index (κ1) is 9.99. The fraction of sp³-hybridized carbons (Fsp3) is 0.0769. The Kier molecular flexibility index (Phi) is 2.34. The van der Waals surface area contributed by atoms with Gasteiger partial charge in [0.25, 0.3) is 0 Å². The number of benzene rings is 1. The molecule has 1 N–H and O–H groups in total. The smallest absolute Gasteiger partial charge is 0.126 e. The molecule has 2 heterocycles. The number of aromatic nitrogens is 2. The average molecular weight is 226 g/mol. The van der Waals surface area contributed by atoms with E-state index in [1.807, 2.05) is 24.3 Å². The molecule has 0 spiro atoms. The van der Waals surface area contributed by atoms with Crippen LogP contribution in [0.4, 0.5) is 0 Å². The van der Waals surface area contributed by atoms with E-state index in [9.17, 15) is 5.11 Å². The Morgan fingerprint density at radius 2 is 1.94 bits per heavy atom. The highest BCUT2D eigenvalue weighted by Crippen LogP contribution is 2.21. The molecule has 0 aliphatic rings. The zero-order chi connectivity index (χ0) is 11.7. The third-order valence-corrected chi connectivity index (χ3v) is 2.61. The molecule has 0 amide bonds. The van der Waals surface area contributed by atoms with E-state index in [-0.39, 0.29) is 0 Å². The summed E-state index contributed by atoms with van der Waals surface area (Å²) in [6, 6.07) is 9.26. The van der Waals surface area contributed by atoms with E-state index < -0.39 is 6.10 Å². The molecule has 84 valence electrons. The second kappa shape index (κ2) is 3.99. The van der Waals surface area contributed by atoms with Gasteiger partial charge in [-0.15, -0.1) is 0 Å². The summed E-state index contributed by atoms with van der Waals surface area (Å²) in [6.07, 6.45) is 3.81. The molecule has 2 aromatic heterocycles. The fourth-order valence-electron chi connectivity index (χ4n) is 1.70. The van der Waals surface area contributed by atoms with Gasteiger partial charge in [-0.1, -0.05) is 12.1 Å². The minimum absolute atomic E-state index is 0.519. The van der Waals surface area contributed by atoms with Gasteiger partial charge in [-0.2, -0.15) is 0 Å². The molecule has 0 saturated carbocycles. The Balaban J connectivity index is 2.06. The molecule has 4 heteroatoms. The second-order valence-corrected chi connectivity index (χ2v) is 3.74. The van der Waals surface area contributed by atoms with E-state index in [0.717, 1.165) is 11.0 Å². The summed E-state index contributed by atoms with van der Waals surface area (Å²) >= 11 is 0. The van der Waals surface area contributed by atoms with Gasteiger partial charge in [0, 0.05) is 5.56 Å². The quantitative estimate of drug-likeness (QED) is 0.728. The van der Waals surface area contributed by atoms with Crippen molar-refractivity contribution < 1.29 is 9.52 Å². The van der Waals surface area contributed by atoms with E-state index >= 15 is 0 Å².